The Morgan fingerprint density at radius 1 is 1.16 bits per heavy atom. The minimum Gasteiger partial charge on any atom is -0.478 e. The fourth-order valence-electron chi connectivity index (χ4n) is 4.86. The van der Waals surface area contributed by atoms with Crippen LogP contribution in [0, 0.1) is 29.1 Å². The van der Waals surface area contributed by atoms with E-state index in [1.54, 1.807) is 0 Å². The van der Waals surface area contributed by atoms with Crippen molar-refractivity contribution in [2.75, 3.05) is 19.6 Å². The van der Waals surface area contributed by atoms with Crippen molar-refractivity contribution in [3.05, 3.63) is 57.9 Å². The van der Waals surface area contributed by atoms with Gasteiger partial charge in [-0.15, -0.1) is 0 Å². The molecule has 2 fully saturated rings. The van der Waals surface area contributed by atoms with Gasteiger partial charge in [-0.3, -0.25) is 0 Å². The number of aliphatic imine (C=N–C) groups is 2. The topological polar surface area (TPSA) is 37.2 Å². The fraction of sp³-hybridized carbons (Fsp3) is 0.562. The third-order valence-electron chi connectivity index (χ3n) is 7.58. The Balaban J connectivity index is 1.55. The molecule has 1 saturated carbocycles. The highest BCUT2D eigenvalue weighted by Crippen LogP contribution is 2.42. The first kappa shape index (κ1) is 29.2. The third kappa shape index (κ3) is 9.16. The first-order valence-electron chi connectivity index (χ1n) is 13.7. The Bertz CT molecular complexity index is 1070. The molecule has 1 heterocycles. The second kappa shape index (κ2) is 13.4. The standard InChI is InChI=1S/C32H44ClN3O/c1-8-36-17-15-26(16-18-36)10-9-25-11-13-27(14-12-25)20-29(33)19-23(2)31(34-7)35-24(3)37-30-21-28(22-30)32(4,5)6/h11-14,19,26,28,30H,7-8,15-18,20-22H2,1-6H3/b29-19+,31-23+,35-24+. The van der Waals surface area contributed by atoms with Crippen LogP contribution >= 0.6 is 11.6 Å². The van der Waals surface area contributed by atoms with Gasteiger partial charge in [0, 0.05) is 29.9 Å². The highest BCUT2D eigenvalue weighted by molar-refractivity contribution is 6.29. The maximum Gasteiger partial charge on any atom is 0.186 e. The van der Waals surface area contributed by atoms with Gasteiger partial charge in [-0.25, -0.2) is 4.99 Å². The zero-order valence-electron chi connectivity index (χ0n) is 23.6. The van der Waals surface area contributed by atoms with Gasteiger partial charge in [0.15, 0.2) is 11.7 Å². The number of likely N-dealkylation sites (tertiary alicyclic amines) is 1. The van der Waals surface area contributed by atoms with Crippen molar-refractivity contribution >= 4 is 24.2 Å². The van der Waals surface area contributed by atoms with Crippen molar-refractivity contribution < 1.29 is 4.74 Å². The third-order valence-corrected chi connectivity index (χ3v) is 7.82. The Hall–Kier alpha value is -2.35. The van der Waals surface area contributed by atoms with Crippen LogP contribution in [-0.2, 0) is 11.2 Å². The largest absolute Gasteiger partial charge is 0.478 e. The Labute approximate surface area is 229 Å². The normalized spacial score (nSPS) is 22.5. The van der Waals surface area contributed by atoms with E-state index in [9.17, 15) is 0 Å². The summed E-state index contributed by atoms with van der Waals surface area (Å²) in [7, 11) is 0. The average molecular weight is 522 g/mol. The van der Waals surface area contributed by atoms with E-state index in [0.717, 1.165) is 54.2 Å². The van der Waals surface area contributed by atoms with Gasteiger partial charge in [-0.1, -0.05) is 63.3 Å². The molecular weight excluding hydrogens is 478 g/mol. The molecule has 1 saturated heterocycles. The van der Waals surface area contributed by atoms with E-state index in [1.165, 1.54) is 12.8 Å². The van der Waals surface area contributed by atoms with Gasteiger partial charge in [0.2, 0.25) is 0 Å². The van der Waals surface area contributed by atoms with Gasteiger partial charge in [0.25, 0.3) is 0 Å². The number of piperidine rings is 1. The van der Waals surface area contributed by atoms with Crippen molar-refractivity contribution in [1.82, 2.24) is 4.90 Å². The number of halogens is 1. The zero-order chi connectivity index (χ0) is 27.0. The molecule has 4 nitrogen and oxygen atoms in total. The van der Waals surface area contributed by atoms with Crippen molar-refractivity contribution in [3.8, 4) is 11.8 Å². The van der Waals surface area contributed by atoms with E-state index < -0.39 is 0 Å². The minimum atomic E-state index is 0.236. The van der Waals surface area contributed by atoms with Crippen LogP contribution < -0.4 is 0 Å². The number of benzene rings is 1. The lowest BCUT2D eigenvalue weighted by Gasteiger charge is -2.43. The maximum atomic E-state index is 6.60. The van der Waals surface area contributed by atoms with E-state index >= 15 is 0 Å². The smallest absolute Gasteiger partial charge is 0.186 e. The van der Waals surface area contributed by atoms with Gasteiger partial charge >= 0.3 is 0 Å². The molecule has 0 atom stereocenters. The second-order valence-electron chi connectivity index (χ2n) is 11.5. The summed E-state index contributed by atoms with van der Waals surface area (Å²) >= 11 is 6.60. The molecule has 0 amide bonds. The van der Waals surface area contributed by atoms with Crippen molar-refractivity contribution in [1.29, 1.82) is 0 Å². The van der Waals surface area contributed by atoms with E-state index in [2.05, 4.69) is 85.4 Å². The summed E-state index contributed by atoms with van der Waals surface area (Å²) < 4.78 is 6.04. The molecule has 200 valence electrons. The highest BCUT2D eigenvalue weighted by atomic mass is 35.5. The average Bonchev–Trinajstić information content (AvgIpc) is 2.83. The van der Waals surface area contributed by atoms with Crippen LogP contribution in [-0.4, -0.2) is 43.3 Å². The first-order chi connectivity index (χ1) is 17.6. The van der Waals surface area contributed by atoms with Crippen LogP contribution in [0.2, 0.25) is 0 Å². The molecular formula is C32H44ClN3O. The number of ether oxygens (including phenoxy) is 1. The predicted molar refractivity (Wildman–Crippen MR) is 158 cm³/mol. The van der Waals surface area contributed by atoms with Crippen molar-refractivity contribution in [2.45, 2.75) is 79.8 Å². The summed E-state index contributed by atoms with van der Waals surface area (Å²) in [5, 5.41) is 0.723. The van der Waals surface area contributed by atoms with Gasteiger partial charge in [-0.2, -0.15) is 4.99 Å². The molecule has 5 heteroatoms. The van der Waals surface area contributed by atoms with Gasteiger partial charge in [0.1, 0.15) is 6.10 Å². The molecule has 1 aliphatic carbocycles. The lowest BCUT2D eigenvalue weighted by molar-refractivity contribution is -0.000759. The van der Waals surface area contributed by atoms with Crippen LogP contribution in [0.25, 0.3) is 0 Å². The molecule has 1 aromatic rings. The van der Waals surface area contributed by atoms with Crippen molar-refractivity contribution in [2.24, 2.45) is 27.2 Å². The van der Waals surface area contributed by atoms with E-state index in [1.807, 2.05) is 19.9 Å². The quantitative estimate of drug-likeness (QED) is 0.160. The van der Waals surface area contributed by atoms with E-state index in [4.69, 9.17) is 16.3 Å². The van der Waals surface area contributed by atoms with E-state index in [0.29, 0.717) is 35.4 Å². The number of allylic oxidation sites excluding steroid dienone is 3. The minimum absolute atomic E-state index is 0.236. The van der Waals surface area contributed by atoms with Gasteiger partial charge in [-0.05, 0) is 99.6 Å². The van der Waals surface area contributed by atoms with Gasteiger partial charge in [0.05, 0.1) is 0 Å². The Morgan fingerprint density at radius 2 is 1.81 bits per heavy atom. The van der Waals surface area contributed by atoms with Crippen LogP contribution in [0.1, 0.15) is 78.4 Å². The van der Waals surface area contributed by atoms with Crippen LogP contribution in [0.3, 0.4) is 0 Å². The predicted octanol–water partition coefficient (Wildman–Crippen LogP) is 7.63. The van der Waals surface area contributed by atoms with Crippen LogP contribution in [0.5, 0.6) is 0 Å². The lowest BCUT2D eigenvalue weighted by atomic mass is 9.67. The Kier molecular flexibility index (Phi) is 10.6. The molecule has 1 aliphatic heterocycles. The molecule has 0 spiro atoms. The number of hydrogen-bond donors (Lipinski definition) is 0. The van der Waals surface area contributed by atoms with Crippen LogP contribution in [0.15, 0.2) is 56.8 Å². The SMILES string of the molecule is C=NC(/N=C(\C)OC1CC(C(C)(C)C)C1)=C(C)\C=C(\Cl)Cc1ccc(C#CC2CCN(CC)CC2)cc1. The molecule has 1 aromatic carbocycles. The number of rotatable bonds is 7. The summed E-state index contributed by atoms with van der Waals surface area (Å²) in [5.41, 5.74) is 3.39. The summed E-state index contributed by atoms with van der Waals surface area (Å²) in [5.74, 6) is 9.20. The summed E-state index contributed by atoms with van der Waals surface area (Å²) in [6.45, 7) is 20.1. The Morgan fingerprint density at radius 3 is 2.38 bits per heavy atom. The molecule has 37 heavy (non-hydrogen) atoms. The summed E-state index contributed by atoms with van der Waals surface area (Å²) in [6.07, 6.45) is 7.28. The maximum absolute atomic E-state index is 6.60. The molecule has 3 rings (SSSR count). The number of nitrogens with zero attached hydrogens (tertiary/aromatic N) is 3. The summed E-state index contributed by atoms with van der Waals surface area (Å²) in [4.78, 5) is 11.2. The molecule has 0 radical (unpaired) electrons. The van der Waals surface area contributed by atoms with Crippen LogP contribution in [0.4, 0.5) is 0 Å². The molecule has 0 N–H and O–H groups in total. The lowest BCUT2D eigenvalue weighted by Crippen LogP contribution is -2.39. The molecule has 2 aliphatic rings. The van der Waals surface area contributed by atoms with Gasteiger partial charge < -0.3 is 9.64 Å². The first-order valence-corrected chi connectivity index (χ1v) is 14.0. The van der Waals surface area contributed by atoms with Crippen molar-refractivity contribution in [3.63, 3.8) is 0 Å². The fourth-order valence-corrected chi connectivity index (χ4v) is 5.18. The molecule has 0 aromatic heterocycles. The molecule has 0 bridgehead atoms. The summed E-state index contributed by atoms with van der Waals surface area (Å²) in [6, 6.07) is 8.38. The molecule has 0 unspecified atom stereocenters. The monoisotopic (exact) mass is 521 g/mol. The zero-order valence-corrected chi connectivity index (χ0v) is 24.4. The highest BCUT2D eigenvalue weighted by Gasteiger charge is 2.38. The van der Waals surface area contributed by atoms with E-state index in [-0.39, 0.29) is 6.10 Å². The number of hydrogen-bond acceptors (Lipinski definition) is 4. The second-order valence-corrected chi connectivity index (χ2v) is 12.0.